The van der Waals surface area contributed by atoms with E-state index in [1.165, 1.54) is 5.56 Å². The van der Waals surface area contributed by atoms with Crippen LogP contribution < -0.4 is 0 Å². The van der Waals surface area contributed by atoms with Crippen LogP contribution in [0.4, 0.5) is 0 Å². The molecule has 1 fully saturated rings. The number of carbonyl (C=O) groups excluding carboxylic acids is 1. The summed E-state index contributed by atoms with van der Waals surface area (Å²) in [5, 5.41) is 11.2. The highest BCUT2D eigenvalue weighted by molar-refractivity contribution is 5.94. The number of aryl methyl sites for hydroxylation is 1. The van der Waals surface area contributed by atoms with Crippen molar-refractivity contribution < 1.29 is 4.79 Å². The average molecular weight is 362 g/mol. The summed E-state index contributed by atoms with van der Waals surface area (Å²) in [6.07, 6.45) is 1.55. The Balaban J connectivity index is 1.38. The van der Waals surface area contributed by atoms with Gasteiger partial charge in [-0.2, -0.15) is 0 Å². The Hall–Kier alpha value is -3.06. The molecular formula is C20H22N6O. The quantitative estimate of drug-likeness (QED) is 0.709. The Morgan fingerprint density at radius 2 is 1.81 bits per heavy atom. The summed E-state index contributed by atoms with van der Waals surface area (Å²) in [6, 6.07) is 16.1. The Morgan fingerprint density at radius 3 is 2.48 bits per heavy atom. The molecule has 1 aliphatic rings. The molecule has 0 unspecified atom stereocenters. The molecule has 0 saturated carbocycles. The van der Waals surface area contributed by atoms with Crippen molar-refractivity contribution in [2.24, 2.45) is 0 Å². The summed E-state index contributed by atoms with van der Waals surface area (Å²) in [6.45, 7) is 6.18. The first kappa shape index (κ1) is 17.4. The topological polar surface area (TPSA) is 67.2 Å². The maximum atomic E-state index is 12.9. The monoisotopic (exact) mass is 362 g/mol. The first-order valence-electron chi connectivity index (χ1n) is 9.10. The highest BCUT2D eigenvalue weighted by atomic mass is 16.2. The summed E-state index contributed by atoms with van der Waals surface area (Å²) in [4.78, 5) is 17.2. The lowest BCUT2D eigenvalue weighted by Gasteiger charge is -2.34. The van der Waals surface area contributed by atoms with Crippen LogP contribution >= 0.6 is 0 Å². The van der Waals surface area contributed by atoms with E-state index < -0.39 is 0 Å². The van der Waals surface area contributed by atoms with E-state index in [1.807, 2.05) is 36.1 Å². The predicted molar refractivity (Wildman–Crippen MR) is 102 cm³/mol. The summed E-state index contributed by atoms with van der Waals surface area (Å²) in [5.74, 6) is 0.0840. The number of benzene rings is 2. The molecule has 1 aliphatic heterocycles. The second kappa shape index (κ2) is 7.67. The molecule has 4 rings (SSSR count). The van der Waals surface area contributed by atoms with Gasteiger partial charge in [-0.25, -0.2) is 4.68 Å². The number of amides is 1. The van der Waals surface area contributed by atoms with Gasteiger partial charge < -0.3 is 4.90 Å². The maximum absolute atomic E-state index is 12.9. The molecule has 3 aromatic rings. The number of rotatable bonds is 4. The molecular weight excluding hydrogens is 340 g/mol. The van der Waals surface area contributed by atoms with Gasteiger partial charge in [0.1, 0.15) is 6.33 Å². The van der Waals surface area contributed by atoms with E-state index in [-0.39, 0.29) is 5.91 Å². The second-order valence-corrected chi connectivity index (χ2v) is 6.81. The summed E-state index contributed by atoms with van der Waals surface area (Å²) < 4.78 is 1.60. The maximum Gasteiger partial charge on any atom is 0.253 e. The summed E-state index contributed by atoms with van der Waals surface area (Å²) >= 11 is 0. The van der Waals surface area contributed by atoms with E-state index in [9.17, 15) is 4.79 Å². The first-order chi connectivity index (χ1) is 13.2. The molecule has 0 radical (unpaired) electrons. The van der Waals surface area contributed by atoms with Crippen molar-refractivity contribution in [3.8, 4) is 5.69 Å². The van der Waals surface area contributed by atoms with Gasteiger partial charge in [-0.1, -0.05) is 30.3 Å². The zero-order chi connectivity index (χ0) is 18.6. The standard InChI is InChI=1S/C20H22N6O/c1-16-13-18(7-8-19(16)26-15-21-22-23-26)20(27)25-11-9-24(10-12-25)14-17-5-3-2-4-6-17/h2-8,13,15H,9-12,14H2,1H3. The van der Waals surface area contributed by atoms with E-state index in [0.29, 0.717) is 5.56 Å². The molecule has 0 aliphatic carbocycles. The van der Waals surface area contributed by atoms with E-state index in [1.54, 1.807) is 11.0 Å². The number of hydrogen-bond donors (Lipinski definition) is 0. The Morgan fingerprint density at radius 1 is 1.04 bits per heavy atom. The van der Waals surface area contributed by atoms with Crippen molar-refractivity contribution >= 4 is 5.91 Å². The van der Waals surface area contributed by atoms with Crippen LogP contribution in [-0.2, 0) is 6.54 Å². The number of piperazine rings is 1. The predicted octanol–water partition coefficient (Wildman–Crippen LogP) is 1.93. The third-order valence-electron chi connectivity index (χ3n) is 4.95. The van der Waals surface area contributed by atoms with Crippen molar-refractivity contribution in [1.82, 2.24) is 30.0 Å². The summed E-state index contributed by atoms with van der Waals surface area (Å²) in [7, 11) is 0. The summed E-state index contributed by atoms with van der Waals surface area (Å²) in [5.41, 5.74) is 3.87. The molecule has 27 heavy (non-hydrogen) atoms. The second-order valence-electron chi connectivity index (χ2n) is 6.81. The van der Waals surface area contributed by atoms with Crippen molar-refractivity contribution in [3.63, 3.8) is 0 Å². The Labute approximate surface area is 158 Å². The van der Waals surface area contributed by atoms with Crippen molar-refractivity contribution in [3.05, 3.63) is 71.5 Å². The molecule has 0 N–H and O–H groups in total. The van der Waals surface area contributed by atoms with Crippen LogP contribution in [0, 0.1) is 6.92 Å². The van der Waals surface area contributed by atoms with Gasteiger partial charge in [0.15, 0.2) is 0 Å². The molecule has 0 spiro atoms. The largest absolute Gasteiger partial charge is 0.336 e. The van der Waals surface area contributed by atoms with Crippen molar-refractivity contribution in [2.45, 2.75) is 13.5 Å². The lowest BCUT2D eigenvalue weighted by molar-refractivity contribution is 0.0628. The number of nitrogens with zero attached hydrogens (tertiary/aromatic N) is 6. The molecule has 0 atom stereocenters. The first-order valence-corrected chi connectivity index (χ1v) is 9.10. The number of hydrogen-bond acceptors (Lipinski definition) is 5. The van der Waals surface area contributed by atoms with Crippen LogP contribution in [0.3, 0.4) is 0 Å². The molecule has 138 valence electrons. The smallest absolute Gasteiger partial charge is 0.253 e. The fraction of sp³-hybridized carbons (Fsp3) is 0.300. The molecule has 7 heteroatoms. The van der Waals surface area contributed by atoms with Gasteiger partial charge >= 0.3 is 0 Å². The number of tetrazole rings is 1. The van der Waals surface area contributed by atoms with Crippen molar-refractivity contribution in [1.29, 1.82) is 0 Å². The molecule has 2 heterocycles. The number of carbonyl (C=O) groups is 1. The molecule has 1 saturated heterocycles. The minimum Gasteiger partial charge on any atom is -0.336 e. The number of aromatic nitrogens is 4. The average Bonchev–Trinajstić information content (AvgIpc) is 3.23. The highest BCUT2D eigenvalue weighted by Gasteiger charge is 2.22. The molecule has 0 bridgehead atoms. The van der Waals surface area contributed by atoms with Gasteiger partial charge in [0.05, 0.1) is 5.69 Å². The molecule has 1 amide bonds. The van der Waals surface area contributed by atoms with Gasteiger partial charge in [0.25, 0.3) is 5.91 Å². The van der Waals surface area contributed by atoms with Gasteiger partial charge in [0, 0.05) is 38.3 Å². The van der Waals surface area contributed by atoms with E-state index in [4.69, 9.17) is 0 Å². The van der Waals surface area contributed by atoms with Gasteiger partial charge in [-0.15, -0.1) is 5.10 Å². The SMILES string of the molecule is Cc1cc(C(=O)N2CCN(Cc3ccccc3)CC2)ccc1-n1cnnn1. The highest BCUT2D eigenvalue weighted by Crippen LogP contribution is 2.17. The fourth-order valence-electron chi connectivity index (χ4n) is 3.45. The zero-order valence-corrected chi connectivity index (χ0v) is 15.3. The Kier molecular flexibility index (Phi) is 4.93. The Bertz CT molecular complexity index is 901. The van der Waals surface area contributed by atoms with Gasteiger partial charge in [-0.05, 0) is 46.7 Å². The normalized spacial score (nSPS) is 15.1. The van der Waals surface area contributed by atoms with Gasteiger partial charge in [-0.3, -0.25) is 9.69 Å². The van der Waals surface area contributed by atoms with Crippen LogP contribution in [0.15, 0.2) is 54.9 Å². The van der Waals surface area contributed by atoms with Crippen LogP contribution in [-0.4, -0.2) is 62.1 Å². The minimum atomic E-state index is 0.0840. The van der Waals surface area contributed by atoms with Crippen LogP contribution in [0.1, 0.15) is 21.5 Å². The fourth-order valence-corrected chi connectivity index (χ4v) is 3.45. The third-order valence-corrected chi connectivity index (χ3v) is 4.95. The van der Waals surface area contributed by atoms with Crippen LogP contribution in [0.2, 0.25) is 0 Å². The van der Waals surface area contributed by atoms with Gasteiger partial charge in [0.2, 0.25) is 0 Å². The van der Waals surface area contributed by atoms with E-state index >= 15 is 0 Å². The molecule has 7 nitrogen and oxygen atoms in total. The lowest BCUT2D eigenvalue weighted by Crippen LogP contribution is -2.48. The van der Waals surface area contributed by atoms with Crippen molar-refractivity contribution in [2.75, 3.05) is 26.2 Å². The van der Waals surface area contributed by atoms with E-state index in [2.05, 4.69) is 44.7 Å². The van der Waals surface area contributed by atoms with Crippen LogP contribution in [0.5, 0.6) is 0 Å². The molecule has 2 aromatic carbocycles. The van der Waals surface area contributed by atoms with E-state index in [0.717, 1.165) is 44.0 Å². The molecule has 1 aromatic heterocycles. The lowest BCUT2D eigenvalue weighted by atomic mass is 10.1. The van der Waals surface area contributed by atoms with Crippen LogP contribution in [0.25, 0.3) is 5.69 Å². The zero-order valence-electron chi connectivity index (χ0n) is 15.3. The minimum absolute atomic E-state index is 0.0840. The third kappa shape index (κ3) is 3.88.